The average Bonchev–Trinajstić information content (AvgIpc) is 2.88. The topological polar surface area (TPSA) is 75.7 Å². The maximum atomic E-state index is 13.2. The fourth-order valence-electron chi connectivity index (χ4n) is 4.28. The first-order valence-corrected chi connectivity index (χ1v) is 12.5. The Kier molecular flexibility index (Phi) is 6.63. The van der Waals surface area contributed by atoms with Gasteiger partial charge in [-0.1, -0.05) is 64.5 Å². The number of rotatable bonds is 5. The molecule has 0 atom stereocenters. The first kappa shape index (κ1) is 24.5. The molecule has 1 N–H and O–H groups in total. The lowest BCUT2D eigenvalue weighted by Crippen LogP contribution is -2.54. The summed E-state index contributed by atoms with van der Waals surface area (Å²) in [6.45, 7) is 4.33. The Bertz CT molecular complexity index is 1590. The minimum Gasteiger partial charge on any atom is -0.489 e. The van der Waals surface area contributed by atoms with Crippen molar-refractivity contribution in [1.29, 1.82) is 0 Å². The Labute approximate surface area is 222 Å². The molecule has 0 spiro atoms. The van der Waals surface area contributed by atoms with E-state index in [4.69, 9.17) is 4.74 Å². The number of benzene rings is 4. The second kappa shape index (κ2) is 10.0. The molecule has 1 aliphatic heterocycles. The Morgan fingerprint density at radius 1 is 0.892 bits per heavy atom. The van der Waals surface area contributed by atoms with Crippen LogP contribution >= 0.6 is 15.9 Å². The number of barbiturate groups is 1. The quantitative estimate of drug-likeness (QED) is 0.227. The minimum atomic E-state index is -0.777. The van der Waals surface area contributed by atoms with Gasteiger partial charge in [-0.3, -0.25) is 14.9 Å². The molecule has 1 heterocycles. The summed E-state index contributed by atoms with van der Waals surface area (Å²) in [5.74, 6) is -0.745. The van der Waals surface area contributed by atoms with Crippen molar-refractivity contribution in [3.05, 3.63) is 111 Å². The van der Waals surface area contributed by atoms with Gasteiger partial charge in [0, 0.05) is 10.0 Å². The predicted octanol–water partition coefficient (Wildman–Crippen LogP) is 6.46. The molecule has 6 nitrogen and oxygen atoms in total. The van der Waals surface area contributed by atoms with Crippen LogP contribution in [0, 0.1) is 13.8 Å². The third-order valence-corrected chi connectivity index (χ3v) is 7.24. The van der Waals surface area contributed by atoms with Gasteiger partial charge in [0.05, 0.1) is 5.69 Å². The first-order valence-electron chi connectivity index (χ1n) is 11.7. The summed E-state index contributed by atoms with van der Waals surface area (Å²) in [4.78, 5) is 39.1. The highest BCUT2D eigenvalue weighted by Crippen LogP contribution is 2.27. The van der Waals surface area contributed by atoms with Gasteiger partial charge in [-0.25, -0.2) is 9.69 Å². The Morgan fingerprint density at radius 3 is 2.41 bits per heavy atom. The monoisotopic (exact) mass is 554 g/mol. The highest BCUT2D eigenvalue weighted by Gasteiger charge is 2.36. The summed E-state index contributed by atoms with van der Waals surface area (Å²) < 4.78 is 6.91. The smallest absolute Gasteiger partial charge is 0.335 e. The zero-order valence-electron chi connectivity index (χ0n) is 20.2. The molecule has 0 bridgehead atoms. The van der Waals surface area contributed by atoms with Gasteiger partial charge in [-0.15, -0.1) is 0 Å². The molecule has 0 saturated carbocycles. The van der Waals surface area contributed by atoms with Gasteiger partial charge in [0.2, 0.25) is 0 Å². The van der Waals surface area contributed by atoms with Gasteiger partial charge in [-0.05, 0) is 77.7 Å². The van der Waals surface area contributed by atoms with Gasteiger partial charge in [-0.2, -0.15) is 0 Å². The minimum absolute atomic E-state index is 0.125. The van der Waals surface area contributed by atoms with Gasteiger partial charge in [0.25, 0.3) is 11.8 Å². The van der Waals surface area contributed by atoms with E-state index in [9.17, 15) is 14.4 Å². The highest BCUT2D eigenvalue weighted by molar-refractivity contribution is 9.10. The molecule has 4 amide bonds. The van der Waals surface area contributed by atoms with E-state index in [0.717, 1.165) is 36.8 Å². The van der Waals surface area contributed by atoms with Gasteiger partial charge in [0.1, 0.15) is 17.9 Å². The van der Waals surface area contributed by atoms with Crippen LogP contribution in [0.5, 0.6) is 5.75 Å². The molecule has 1 fully saturated rings. The molecule has 4 aromatic carbocycles. The Hall–Kier alpha value is -4.23. The zero-order valence-corrected chi connectivity index (χ0v) is 21.8. The number of fused-ring (bicyclic) bond motifs is 1. The normalized spacial score (nSPS) is 14.8. The van der Waals surface area contributed by atoms with E-state index in [0.29, 0.717) is 23.6 Å². The molecule has 0 aliphatic carbocycles. The number of ether oxygens (including phenoxy) is 1. The number of urea groups is 1. The Morgan fingerprint density at radius 2 is 1.65 bits per heavy atom. The summed E-state index contributed by atoms with van der Waals surface area (Å²) in [6.07, 6.45) is 1.47. The number of hydrogen-bond donors (Lipinski definition) is 1. The first-order chi connectivity index (χ1) is 17.8. The second-order valence-electron chi connectivity index (χ2n) is 8.83. The van der Waals surface area contributed by atoms with E-state index in [-0.39, 0.29) is 5.57 Å². The van der Waals surface area contributed by atoms with Crippen LogP contribution in [0.25, 0.3) is 16.8 Å². The summed E-state index contributed by atoms with van der Waals surface area (Å²) in [5, 5.41) is 4.57. The van der Waals surface area contributed by atoms with Crippen LogP contribution < -0.4 is 15.0 Å². The van der Waals surface area contributed by atoms with Crippen molar-refractivity contribution in [1.82, 2.24) is 5.32 Å². The molecule has 5 rings (SSSR count). The number of imide groups is 2. The molecule has 0 aromatic heterocycles. The molecule has 37 heavy (non-hydrogen) atoms. The van der Waals surface area contributed by atoms with Crippen molar-refractivity contribution in [3.8, 4) is 5.75 Å². The number of carbonyl (C=O) groups excluding carboxylic acids is 3. The number of nitrogens with zero attached hydrogens (tertiary/aromatic N) is 1. The summed E-state index contributed by atoms with van der Waals surface area (Å²) in [5.41, 5.74) is 4.03. The van der Waals surface area contributed by atoms with E-state index in [1.165, 1.54) is 6.08 Å². The standard InChI is InChI=1S/C30H23BrN2O4/c1-18-7-10-21-5-3-4-6-24(21)26(18)17-37-23-12-8-20(9-13-23)16-25-28(34)32-30(36)33(29(25)35)22-11-14-27(31)19(2)15-22/h3-16H,17H2,1-2H3,(H,32,34,36)/b25-16-. The highest BCUT2D eigenvalue weighted by atomic mass is 79.9. The lowest BCUT2D eigenvalue weighted by atomic mass is 10.0. The van der Waals surface area contributed by atoms with E-state index < -0.39 is 17.8 Å². The molecule has 1 saturated heterocycles. The number of aryl methyl sites for hydroxylation is 2. The number of amides is 4. The zero-order chi connectivity index (χ0) is 26.1. The lowest BCUT2D eigenvalue weighted by molar-refractivity contribution is -0.122. The number of halogens is 1. The predicted molar refractivity (Wildman–Crippen MR) is 147 cm³/mol. The SMILES string of the molecule is Cc1cc(N2C(=O)NC(=O)/C(=C/c3ccc(OCc4c(C)ccc5ccccc45)cc3)C2=O)ccc1Br. The third kappa shape index (κ3) is 4.90. The van der Waals surface area contributed by atoms with Crippen LogP contribution in [0.2, 0.25) is 0 Å². The van der Waals surface area contributed by atoms with Crippen molar-refractivity contribution < 1.29 is 19.1 Å². The maximum Gasteiger partial charge on any atom is 0.335 e. The van der Waals surface area contributed by atoms with Crippen LogP contribution in [-0.4, -0.2) is 17.8 Å². The van der Waals surface area contributed by atoms with E-state index >= 15 is 0 Å². The van der Waals surface area contributed by atoms with E-state index in [1.54, 1.807) is 42.5 Å². The van der Waals surface area contributed by atoms with Crippen molar-refractivity contribution in [2.75, 3.05) is 4.90 Å². The molecule has 0 unspecified atom stereocenters. The summed E-state index contributed by atoms with van der Waals surface area (Å²) >= 11 is 3.41. The molecule has 184 valence electrons. The number of carbonyl (C=O) groups is 3. The number of hydrogen-bond acceptors (Lipinski definition) is 4. The maximum absolute atomic E-state index is 13.2. The molecular weight excluding hydrogens is 532 g/mol. The number of anilines is 1. The van der Waals surface area contributed by atoms with Gasteiger partial charge >= 0.3 is 6.03 Å². The van der Waals surface area contributed by atoms with E-state index in [1.807, 2.05) is 19.1 Å². The van der Waals surface area contributed by atoms with Crippen LogP contribution in [-0.2, 0) is 16.2 Å². The molecule has 4 aromatic rings. The van der Waals surface area contributed by atoms with Crippen molar-refractivity contribution in [2.45, 2.75) is 20.5 Å². The Balaban J connectivity index is 1.35. The molecular formula is C30H23BrN2O4. The van der Waals surface area contributed by atoms with Crippen LogP contribution in [0.1, 0.15) is 22.3 Å². The third-order valence-electron chi connectivity index (χ3n) is 6.35. The molecule has 7 heteroatoms. The average molecular weight is 555 g/mol. The van der Waals surface area contributed by atoms with Gasteiger partial charge < -0.3 is 4.74 Å². The van der Waals surface area contributed by atoms with Gasteiger partial charge in [0.15, 0.2) is 0 Å². The van der Waals surface area contributed by atoms with Crippen molar-refractivity contribution in [3.63, 3.8) is 0 Å². The fourth-order valence-corrected chi connectivity index (χ4v) is 4.53. The largest absolute Gasteiger partial charge is 0.489 e. The summed E-state index contributed by atoms with van der Waals surface area (Å²) in [7, 11) is 0. The van der Waals surface area contributed by atoms with Crippen molar-refractivity contribution >= 4 is 56.3 Å². The summed E-state index contributed by atoms with van der Waals surface area (Å²) in [6, 6.07) is 23.8. The van der Waals surface area contributed by atoms with E-state index in [2.05, 4.69) is 52.4 Å². The fraction of sp³-hybridized carbons (Fsp3) is 0.100. The van der Waals surface area contributed by atoms with Crippen LogP contribution in [0.15, 0.2) is 88.9 Å². The molecule has 1 aliphatic rings. The van der Waals surface area contributed by atoms with Crippen LogP contribution in [0.4, 0.5) is 10.5 Å². The lowest BCUT2D eigenvalue weighted by Gasteiger charge is -2.26. The number of nitrogens with one attached hydrogen (secondary N) is 1. The van der Waals surface area contributed by atoms with Crippen LogP contribution in [0.3, 0.4) is 0 Å². The molecule has 0 radical (unpaired) electrons. The second-order valence-corrected chi connectivity index (χ2v) is 9.69. The van der Waals surface area contributed by atoms with Crippen molar-refractivity contribution in [2.24, 2.45) is 0 Å².